The van der Waals surface area contributed by atoms with Gasteiger partial charge in [0.05, 0.1) is 24.1 Å². The monoisotopic (exact) mass is 488 g/mol. The van der Waals surface area contributed by atoms with Crippen LogP contribution in [-0.4, -0.2) is 45.2 Å². The molecule has 4 aliphatic rings. The van der Waals surface area contributed by atoms with Gasteiger partial charge < -0.3 is 25.0 Å². The highest BCUT2D eigenvalue weighted by molar-refractivity contribution is 5.94. The number of halogens is 1. The van der Waals surface area contributed by atoms with Gasteiger partial charge in [0.1, 0.15) is 11.3 Å². The van der Waals surface area contributed by atoms with Crippen molar-refractivity contribution < 1.29 is 18.7 Å². The van der Waals surface area contributed by atoms with Crippen LogP contribution in [0.15, 0.2) is 30.5 Å². The fourth-order valence-corrected chi connectivity index (χ4v) is 5.43. The lowest BCUT2D eigenvalue weighted by Crippen LogP contribution is -2.61. The Morgan fingerprint density at radius 1 is 1.17 bits per heavy atom. The number of anilines is 1. The number of amides is 1. The molecule has 7 rings (SSSR count). The molecule has 2 bridgehead atoms. The van der Waals surface area contributed by atoms with Gasteiger partial charge in [-0.05, 0) is 62.8 Å². The molecule has 0 unspecified atom stereocenters. The van der Waals surface area contributed by atoms with E-state index < -0.39 is 5.82 Å². The van der Waals surface area contributed by atoms with Crippen LogP contribution in [0.5, 0.6) is 5.75 Å². The molecule has 2 saturated heterocycles. The molecule has 3 aromatic heterocycles. The molecule has 3 aromatic rings. The Kier molecular flexibility index (Phi) is 5.54. The Balaban J connectivity index is 1.10. The summed E-state index contributed by atoms with van der Waals surface area (Å²) >= 11 is 0. The molecule has 3 aliphatic heterocycles. The summed E-state index contributed by atoms with van der Waals surface area (Å²) in [5.74, 6) is 0.680. The highest BCUT2D eigenvalue weighted by Crippen LogP contribution is 2.46. The molecule has 10 heteroatoms. The van der Waals surface area contributed by atoms with Crippen LogP contribution in [0.4, 0.5) is 16.0 Å². The summed E-state index contributed by atoms with van der Waals surface area (Å²) < 4.78 is 26.5. The number of hydrogen-bond donors (Lipinski definition) is 2. The Morgan fingerprint density at radius 2 is 2.03 bits per heavy atom. The topological polar surface area (TPSA) is 103 Å². The molecule has 1 aliphatic carbocycles. The molecule has 1 amide bonds. The number of nitrogens with one attached hydrogen (secondary N) is 2. The minimum absolute atomic E-state index is 0.0110. The molecule has 0 spiro atoms. The van der Waals surface area contributed by atoms with Crippen LogP contribution in [0.3, 0.4) is 0 Å². The smallest absolute Gasteiger partial charge is 0.270 e. The van der Waals surface area contributed by atoms with Gasteiger partial charge in [0.2, 0.25) is 0 Å². The maximum atomic E-state index is 14.7. The number of rotatable bonds is 6. The van der Waals surface area contributed by atoms with Crippen molar-refractivity contribution in [1.82, 2.24) is 20.3 Å². The highest BCUT2D eigenvalue weighted by atomic mass is 19.1. The van der Waals surface area contributed by atoms with Crippen LogP contribution >= 0.6 is 0 Å². The number of pyridine rings is 3. The maximum absolute atomic E-state index is 14.7. The third-order valence-corrected chi connectivity index (χ3v) is 7.65. The lowest BCUT2D eigenvalue weighted by Gasteiger charge is -2.53. The molecule has 184 valence electrons. The molecule has 0 radical (unpaired) electrons. The van der Waals surface area contributed by atoms with E-state index in [-0.39, 0.29) is 29.5 Å². The van der Waals surface area contributed by atoms with E-state index in [0.717, 1.165) is 31.4 Å². The van der Waals surface area contributed by atoms with Gasteiger partial charge in [0.25, 0.3) is 11.7 Å². The second-order valence-electron chi connectivity index (χ2n) is 9.83. The zero-order valence-corrected chi connectivity index (χ0v) is 19.6. The largest absolute Gasteiger partial charge is 0.480 e. The van der Waals surface area contributed by atoms with Gasteiger partial charge in [-0.25, -0.2) is 14.4 Å². The Hall–Kier alpha value is -3.68. The van der Waals surface area contributed by atoms with Crippen molar-refractivity contribution in [1.29, 1.82) is 0 Å². The van der Waals surface area contributed by atoms with E-state index in [4.69, 9.17) is 16.0 Å². The number of ether oxygens (including phenoxy) is 2. The van der Waals surface area contributed by atoms with Crippen LogP contribution in [0.2, 0.25) is 0 Å². The van der Waals surface area contributed by atoms with E-state index in [1.54, 1.807) is 12.1 Å². The number of carbonyl (C=O) groups is 1. The van der Waals surface area contributed by atoms with Crippen LogP contribution in [-0.2, 0) is 22.5 Å². The third kappa shape index (κ3) is 4.14. The van der Waals surface area contributed by atoms with Crippen LogP contribution in [0.25, 0.3) is 15.9 Å². The number of carbonyl (C=O) groups excluding carboxylic acids is 1. The van der Waals surface area contributed by atoms with Crippen molar-refractivity contribution in [3.05, 3.63) is 59.0 Å². The van der Waals surface area contributed by atoms with Gasteiger partial charge in [-0.1, -0.05) is 6.57 Å². The average Bonchev–Trinajstić information content (AvgIpc) is 2.92. The first-order chi connectivity index (χ1) is 17.5. The number of fused-ring (bicyclic) bond motifs is 5. The van der Waals surface area contributed by atoms with Crippen LogP contribution in [0, 0.1) is 12.4 Å². The fraction of sp³-hybridized carbons (Fsp3) is 0.423. The molecule has 9 nitrogen and oxygen atoms in total. The van der Waals surface area contributed by atoms with Crippen molar-refractivity contribution >= 4 is 28.6 Å². The number of hydrogen-bond acceptors (Lipinski definition) is 7. The molecular weight excluding hydrogens is 463 g/mol. The second-order valence-corrected chi connectivity index (χ2v) is 9.83. The molecule has 6 heterocycles. The highest BCUT2D eigenvalue weighted by Gasteiger charge is 2.49. The van der Waals surface area contributed by atoms with Crippen LogP contribution in [0.1, 0.15) is 43.4 Å². The van der Waals surface area contributed by atoms with Gasteiger partial charge >= 0.3 is 0 Å². The van der Waals surface area contributed by atoms with E-state index >= 15 is 0 Å². The van der Waals surface area contributed by atoms with Gasteiger partial charge in [0.15, 0.2) is 23.7 Å². The standard InChI is InChI=1S/C26H25FN6O3/c1-28-21-5-3-19-23(32-21)17(18(27)13-29-19)6-7-26-10-8-25(9-11-26,15-36-26)30-12-16-2-4-20-24(31-16)33-22(34)14-35-20/h2-5,13,30H,6-12,14-15H2,(H,31,33,34). The molecule has 2 N–H and O–H groups in total. The van der Waals surface area contributed by atoms with Gasteiger partial charge in [-0.15, -0.1) is 4.98 Å². The molecular formula is C26H25FN6O3. The lowest BCUT2D eigenvalue weighted by atomic mass is 9.69. The minimum Gasteiger partial charge on any atom is -0.480 e. The summed E-state index contributed by atoms with van der Waals surface area (Å²) in [6, 6.07) is 7.05. The zero-order valence-electron chi connectivity index (χ0n) is 19.6. The van der Waals surface area contributed by atoms with Crippen molar-refractivity contribution in [2.24, 2.45) is 0 Å². The summed E-state index contributed by atoms with van der Waals surface area (Å²) in [5.41, 5.74) is 1.96. The van der Waals surface area contributed by atoms with Gasteiger partial charge in [0, 0.05) is 17.6 Å². The first-order valence-electron chi connectivity index (χ1n) is 12.1. The molecule has 3 fully saturated rings. The predicted octanol–water partition coefficient (Wildman–Crippen LogP) is 3.85. The van der Waals surface area contributed by atoms with Crippen molar-refractivity contribution in [3.8, 4) is 5.75 Å². The quantitative estimate of drug-likeness (QED) is 0.508. The summed E-state index contributed by atoms with van der Waals surface area (Å²) in [7, 11) is 0. The van der Waals surface area contributed by atoms with Gasteiger partial charge in [-0.3, -0.25) is 4.79 Å². The van der Waals surface area contributed by atoms with Crippen LogP contribution < -0.4 is 15.4 Å². The second kappa shape index (κ2) is 8.76. The summed E-state index contributed by atoms with van der Waals surface area (Å²) in [5, 5.41) is 6.39. The van der Waals surface area contributed by atoms with Crippen molar-refractivity contribution in [3.63, 3.8) is 0 Å². The molecule has 36 heavy (non-hydrogen) atoms. The Morgan fingerprint density at radius 3 is 2.81 bits per heavy atom. The average molecular weight is 489 g/mol. The number of nitrogens with zero attached hydrogens (tertiary/aromatic N) is 4. The predicted molar refractivity (Wildman–Crippen MR) is 129 cm³/mol. The van der Waals surface area contributed by atoms with Gasteiger partial charge in [-0.2, -0.15) is 0 Å². The lowest BCUT2D eigenvalue weighted by molar-refractivity contribution is -0.165. The molecule has 1 saturated carbocycles. The maximum Gasteiger partial charge on any atom is 0.270 e. The summed E-state index contributed by atoms with van der Waals surface area (Å²) in [6.45, 7) is 8.37. The normalized spacial score (nSPS) is 24.6. The third-order valence-electron chi connectivity index (χ3n) is 7.65. The zero-order chi connectivity index (χ0) is 24.8. The van der Waals surface area contributed by atoms with E-state index in [2.05, 4.69) is 30.4 Å². The number of aryl methyl sites for hydroxylation is 1. The van der Waals surface area contributed by atoms with Crippen molar-refractivity contribution in [2.45, 2.75) is 56.2 Å². The number of aromatic nitrogens is 3. The van der Waals surface area contributed by atoms with E-state index in [0.29, 0.717) is 54.2 Å². The molecule has 0 atom stereocenters. The van der Waals surface area contributed by atoms with E-state index in [1.165, 1.54) is 6.20 Å². The molecule has 0 aromatic carbocycles. The van der Waals surface area contributed by atoms with E-state index in [9.17, 15) is 9.18 Å². The first-order valence-corrected chi connectivity index (χ1v) is 12.1. The van der Waals surface area contributed by atoms with Crippen molar-refractivity contribution in [2.75, 3.05) is 18.5 Å². The summed E-state index contributed by atoms with van der Waals surface area (Å²) in [6.07, 6.45) is 6.08. The SMILES string of the molecule is [C-]#[N+]c1ccc2ncc(F)c(CCC34CCC(NCc5ccc6c(n5)NC(=O)CO6)(CC3)CO4)c2n1. The minimum atomic E-state index is -0.393. The first kappa shape index (κ1) is 22.8. The van der Waals surface area contributed by atoms with E-state index in [1.807, 2.05) is 12.1 Å². The summed E-state index contributed by atoms with van der Waals surface area (Å²) in [4.78, 5) is 27.9. The fourth-order valence-electron chi connectivity index (χ4n) is 5.43. The Bertz CT molecular complexity index is 1380. The Labute approximate surface area is 207 Å².